The van der Waals surface area contributed by atoms with E-state index in [1.807, 2.05) is 72.4 Å². The first-order valence-corrected chi connectivity index (χ1v) is 8.51. The number of nitrogens with one attached hydrogen (secondary N) is 1. The molecule has 1 N–H and O–H groups in total. The SMILES string of the molecule is Cn1cc(CC(=O)Nc2ccc3ccccc3c2)c2c(Cl)cccc21. The third-order valence-electron chi connectivity index (χ3n) is 4.43. The van der Waals surface area contributed by atoms with E-state index in [1.54, 1.807) is 0 Å². The van der Waals surface area contributed by atoms with Gasteiger partial charge >= 0.3 is 0 Å². The lowest BCUT2D eigenvalue weighted by Crippen LogP contribution is -2.14. The van der Waals surface area contributed by atoms with Crippen molar-refractivity contribution in [2.75, 3.05) is 5.32 Å². The van der Waals surface area contributed by atoms with Gasteiger partial charge in [0.05, 0.1) is 11.4 Å². The summed E-state index contributed by atoms with van der Waals surface area (Å²) in [6, 6.07) is 19.8. The van der Waals surface area contributed by atoms with E-state index in [-0.39, 0.29) is 12.3 Å². The summed E-state index contributed by atoms with van der Waals surface area (Å²) in [5.41, 5.74) is 2.76. The van der Waals surface area contributed by atoms with Crippen LogP contribution in [0.2, 0.25) is 5.02 Å². The molecule has 3 aromatic carbocycles. The topological polar surface area (TPSA) is 34.0 Å². The lowest BCUT2D eigenvalue weighted by atomic mass is 10.1. The predicted molar refractivity (Wildman–Crippen MR) is 104 cm³/mol. The molecule has 0 saturated carbocycles. The quantitative estimate of drug-likeness (QED) is 0.544. The fourth-order valence-corrected chi connectivity index (χ4v) is 3.56. The van der Waals surface area contributed by atoms with Crippen LogP contribution in [0.4, 0.5) is 5.69 Å². The number of hydrogen-bond donors (Lipinski definition) is 1. The maximum atomic E-state index is 12.5. The van der Waals surface area contributed by atoms with E-state index in [0.717, 1.165) is 32.9 Å². The number of carbonyl (C=O) groups is 1. The Hall–Kier alpha value is -2.78. The van der Waals surface area contributed by atoms with Crippen LogP contribution in [-0.4, -0.2) is 10.5 Å². The second kappa shape index (κ2) is 6.26. The van der Waals surface area contributed by atoms with Gasteiger partial charge in [0.25, 0.3) is 0 Å². The van der Waals surface area contributed by atoms with Crippen LogP contribution in [0.3, 0.4) is 0 Å². The lowest BCUT2D eigenvalue weighted by Gasteiger charge is -2.07. The molecule has 4 aromatic rings. The van der Waals surface area contributed by atoms with Crippen LogP contribution in [-0.2, 0) is 18.3 Å². The average molecular weight is 349 g/mol. The number of amides is 1. The van der Waals surface area contributed by atoms with E-state index >= 15 is 0 Å². The summed E-state index contributed by atoms with van der Waals surface area (Å²) in [4.78, 5) is 12.5. The van der Waals surface area contributed by atoms with Gasteiger partial charge in [-0.25, -0.2) is 0 Å². The van der Waals surface area contributed by atoms with Crippen molar-refractivity contribution < 1.29 is 4.79 Å². The van der Waals surface area contributed by atoms with Gasteiger partial charge in [-0.2, -0.15) is 0 Å². The number of rotatable bonds is 3. The fourth-order valence-electron chi connectivity index (χ4n) is 3.27. The molecule has 0 aliphatic carbocycles. The Bertz CT molecular complexity index is 1100. The van der Waals surface area contributed by atoms with Gasteiger partial charge in [-0.1, -0.05) is 48.0 Å². The third kappa shape index (κ3) is 2.99. The normalized spacial score (nSPS) is 11.1. The van der Waals surface area contributed by atoms with Crippen molar-refractivity contribution in [3.8, 4) is 0 Å². The summed E-state index contributed by atoms with van der Waals surface area (Å²) in [5, 5.41) is 6.86. The highest BCUT2D eigenvalue weighted by Gasteiger charge is 2.13. The molecule has 1 amide bonds. The van der Waals surface area contributed by atoms with Crippen molar-refractivity contribution in [2.24, 2.45) is 7.05 Å². The first kappa shape index (κ1) is 15.7. The zero-order valence-electron chi connectivity index (χ0n) is 13.8. The van der Waals surface area contributed by atoms with Crippen LogP contribution in [0.25, 0.3) is 21.7 Å². The van der Waals surface area contributed by atoms with Gasteiger partial charge in [0.2, 0.25) is 5.91 Å². The van der Waals surface area contributed by atoms with Gasteiger partial charge < -0.3 is 9.88 Å². The standard InChI is InChI=1S/C21H17ClN2O/c1-24-13-16(21-18(22)7-4-8-19(21)24)12-20(25)23-17-10-9-14-5-2-3-6-15(14)11-17/h2-11,13H,12H2,1H3,(H,23,25). The average Bonchev–Trinajstić information content (AvgIpc) is 2.92. The molecule has 25 heavy (non-hydrogen) atoms. The minimum atomic E-state index is -0.0531. The maximum absolute atomic E-state index is 12.5. The van der Waals surface area contributed by atoms with Gasteiger partial charge in [0, 0.05) is 29.8 Å². The van der Waals surface area contributed by atoms with E-state index in [9.17, 15) is 4.79 Å². The van der Waals surface area contributed by atoms with Crippen molar-refractivity contribution in [1.29, 1.82) is 0 Å². The summed E-state index contributed by atoms with van der Waals surface area (Å²) in [7, 11) is 1.96. The van der Waals surface area contributed by atoms with E-state index in [0.29, 0.717) is 5.02 Å². The van der Waals surface area contributed by atoms with Gasteiger partial charge in [-0.05, 0) is 40.6 Å². The first-order valence-electron chi connectivity index (χ1n) is 8.13. The molecule has 0 unspecified atom stereocenters. The molecule has 0 aliphatic rings. The van der Waals surface area contributed by atoms with E-state index in [4.69, 9.17) is 11.6 Å². The molecule has 0 atom stereocenters. The molecule has 4 heteroatoms. The second-order valence-electron chi connectivity index (χ2n) is 6.19. The Labute approximate surface area is 150 Å². The van der Waals surface area contributed by atoms with E-state index in [1.165, 1.54) is 0 Å². The molecule has 1 aromatic heterocycles. The van der Waals surface area contributed by atoms with Gasteiger partial charge in [-0.15, -0.1) is 0 Å². The number of nitrogens with zero attached hydrogens (tertiary/aromatic N) is 1. The van der Waals surface area contributed by atoms with Crippen LogP contribution in [0.1, 0.15) is 5.56 Å². The number of anilines is 1. The Morgan fingerprint density at radius 2 is 1.84 bits per heavy atom. The second-order valence-corrected chi connectivity index (χ2v) is 6.59. The largest absolute Gasteiger partial charge is 0.350 e. The molecule has 0 spiro atoms. The lowest BCUT2D eigenvalue weighted by molar-refractivity contribution is -0.115. The Kier molecular flexibility index (Phi) is 3.94. The van der Waals surface area contributed by atoms with Crippen molar-refractivity contribution in [3.63, 3.8) is 0 Å². The Morgan fingerprint density at radius 1 is 1.04 bits per heavy atom. The van der Waals surface area contributed by atoms with Crippen LogP contribution >= 0.6 is 11.6 Å². The maximum Gasteiger partial charge on any atom is 0.228 e. The van der Waals surface area contributed by atoms with Crippen LogP contribution in [0, 0.1) is 0 Å². The molecule has 0 bridgehead atoms. The number of halogens is 1. The first-order chi connectivity index (χ1) is 12.1. The summed E-state index contributed by atoms with van der Waals surface area (Å²) in [5.74, 6) is -0.0531. The van der Waals surface area contributed by atoms with Gasteiger partial charge in [0.15, 0.2) is 0 Å². The van der Waals surface area contributed by atoms with Crippen LogP contribution in [0.5, 0.6) is 0 Å². The number of carbonyl (C=O) groups excluding carboxylic acids is 1. The Morgan fingerprint density at radius 3 is 2.68 bits per heavy atom. The number of benzene rings is 3. The molecule has 124 valence electrons. The molecule has 0 radical (unpaired) electrons. The van der Waals surface area contributed by atoms with Crippen LogP contribution < -0.4 is 5.32 Å². The minimum Gasteiger partial charge on any atom is -0.350 e. The summed E-state index contributed by atoms with van der Waals surface area (Å²) >= 11 is 6.34. The molecular formula is C21H17ClN2O. The molecule has 4 rings (SSSR count). The molecule has 0 fully saturated rings. The summed E-state index contributed by atoms with van der Waals surface area (Å²) in [6.45, 7) is 0. The van der Waals surface area contributed by atoms with Crippen molar-refractivity contribution in [3.05, 3.63) is 77.4 Å². The minimum absolute atomic E-state index is 0.0531. The number of fused-ring (bicyclic) bond motifs is 2. The fraction of sp³-hybridized carbons (Fsp3) is 0.0952. The number of aryl methyl sites for hydroxylation is 1. The zero-order chi connectivity index (χ0) is 17.4. The molecular weight excluding hydrogens is 332 g/mol. The molecule has 1 heterocycles. The van der Waals surface area contributed by atoms with Gasteiger partial charge in [-0.3, -0.25) is 4.79 Å². The molecule has 0 saturated heterocycles. The van der Waals surface area contributed by atoms with Crippen molar-refractivity contribution >= 4 is 44.9 Å². The number of hydrogen-bond acceptors (Lipinski definition) is 1. The zero-order valence-corrected chi connectivity index (χ0v) is 14.5. The monoisotopic (exact) mass is 348 g/mol. The third-order valence-corrected chi connectivity index (χ3v) is 4.74. The number of aromatic nitrogens is 1. The predicted octanol–water partition coefficient (Wildman–Crippen LogP) is 5.17. The molecule has 3 nitrogen and oxygen atoms in total. The van der Waals surface area contributed by atoms with Crippen LogP contribution in [0.15, 0.2) is 66.9 Å². The van der Waals surface area contributed by atoms with Crippen molar-refractivity contribution in [2.45, 2.75) is 6.42 Å². The highest BCUT2D eigenvalue weighted by molar-refractivity contribution is 6.35. The van der Waals surface area contributed by atoms with Crippen molar-refractivity contribution in [1.82, 2.24) is 4.57 Å². The van der Waals surface area contributed by atoms with Gasteiger partial charge in [0.1, 0.15) is 0 Å². The summed E-state index contributed by atoms with van der Waals surface area (Å²) in [6.07, 6.45) is 2.25. The highest BCUT2D eigenvalue weighted by Crippen LogP contribution is 2.28. The molecule has 0 aliphatic heterocycles. The van der Waals surface area contributed by atoms with E-state index < -0.39 is 0 Å². The highest BCUT2D eigenvalue weighted by atomic mass is 35.5. The Balaban J connectivity index is 1.60. The summed E-state index contributed by atoms with van der Waals surface area (Å²) < 4.78 is 2.00. The van der Waals surface area contributed by atoms with E-state index in [2.05, 4.69) is 11.4 Å². The smallest absolute Gasteiger partial charge is 0.228 e.